The first-order valence-electron chi connectivity index (χ1n) is 11.3. The Labute approximate surface area is 196 Å². The van der Waals surface area contributed by atoms with Crippen molar-refractivity contribution in [2.75, 3.05) is 0 Å². The van der Waals surface area contributed by atoms with Gasteiger partial charge in [0.15, 0.2) is 5.44 Å². The van der Waals surface area contributed by atoms with Gasteiger partial charge in [-0.3, -0.25) is 13.6 Å². The number of aromatic nitrogens is 1. The second-order valence-electron chi connectivity index (χ2n) is 10.5. The number of carboxylic acid groups (broad SMARTS) is 1. The van der Waals surface area contributed by atoms with Crippen LogP contribution >= 0.6 is 7.60 Å². The molecule has 1 aliphatic rings. The highest BCUT2D eigenvalue weighted by Crippen LogP contribution is 2.53. The van der Waals surface area contributed by atoms with Crippen molar-refractivity contribution in [1.29, 1.82) is 0 Å². The molecular weight excluding hydrogens is 439 g/mol. The molecule has 2 heterocycles. The zero-order valence-corrected chi connectivity index (χ0v) is 21.3. The van der Waals surface area contributed by atoms with Crippen LogP contribution in [0.1, 0.15) is 64.8 Å². The van der Waals surface area contributed by atoms with E-state index >= 15 is 0 Å². The first-order chi connectivity index (χ1) is 15.3. The molecule has 1 amide bonds. The van der Waals surface area contributed by atoms with Crippen molar-refractivity contribution >= 4 is 19.1 Å². The van der Waals surface area contributed by atoms with Gasteiger partial charge < -0.3 is 10.0 Å². The van der Waals surface area contributed by atoms with Crippen LogP contribution in [-0.4, -0.2) is 38.3 Å². The van der Waals surface area contributed by atoms with Crippen LogP contribution in [0.25, 0.3) is 0 Å². The SMILES string of the molecule is CC(C)(C)OP(=O)(OC(C)(C)C)c1ccc2c(n1)CC(CCc1ccccc1)N(C(=O)O)C2. The number of nitrogens with zero attached hydrogens (tertiary/aromatic N) is 2. The van der Waals surface area contributed by atoms with Gasteiger partial charge >= 0.3 is 13.7 Å². The van der Waals surface area contributed by atoms with Crippen LogP contribution < -0.4 is 5.44 Å². The van der Waals surface area contributed by atoms with E-state index in [1.807, 2.05) is 71.9 Å². The van der Waals surface area contributed by atoms with Crippen LogP contribution in [0.5, 0.6) is 0 Å². The van der Waals surface area contributed by atoms with Crippen molar-refractivity contribution in [3.8, 4) is 0 Å². The summed E-state index contributed by atoms with van der Waals surface area (Å²) in [4.78, 5) is 18.1. The number of hydrogen-bond donors (Lipinski definition) is 1. The first kappa shape index (κ1) is 25.4. The molecule has 8 heteroatoms. The van der Waals surface area contributed by atoms with Gasteiger partial charge in [0.25, 0.3) is 0 Å². The van der Waals surface area contributed by atoms with E-state index in [1.165, 1.54) is 4.90 Å². The highest BCUT2D eigenvalue weighted by Gasteiger charge is 2.40. The molecule has 1 N–H and O–H groups in total. The standard InChI is InChI=1S/C25H35N2O5P/c1-24(2,3)31-33(30,32-25(4,5)6)22-15-13-19-17-27(23(28)29)20(16-21(19)26-22)14-12-18-10-8-7-9-11-18/h7-11,13,15,20H,12,14,16-17H2,1-6H3,(H,28,29). The van der Waals surface area contributed by atoms with Crippen LogP contribution in [0.15, 0.2) is 42.5 Å². The van der Waals surface area contributed by atoms with Crippen molar-refractivity contribution in [2.45, 2.75) is 84.6 Å². The van der Waals surface area contributed by atoms with Gasteiger partial charge in [0.1, 0.15) is 0 Å². The minimum Gasteiger partial charge on any atom is -0.465 e. The Morgan fingerprint density at radius 1 is 1.06 bits per heavy atom. The molecule has 1 aliphatic heterocycles. The maximum Gasteiger partial charge on any atom is 0.407 e. The van der Waals surface area contributed by atoms with E-state index in [-0.39, 0.29) is 18.0 Å². The molecule has 0 saturated heterocycles. The smallest absolute Gasteiger partial charge is 0.407 e. The Morgan fingerprint density at radius 3 is 2.21 bits per heavy atom. The average molecular weight is 475 g/mol. The van der Waals surface area contributed by atoms with Gasteiger partial charge in [-0.05, 0) is 71.6 Å². The second-order valence-corrected chi connectivity index (χ2v) is 12.3. The monoisotopic (exact) mass is 474 g/mol. The van der Waals surface area contributed by atoms with Crippen LogP contribution in [0.4, 0.5) is 4.79 Å². The molecular formula is C25H35N2O5P. The molecule has 1 aromatic heterocycles. The third-order valence-electron chi connectivity index (χ3n) is 5.19. The number of fused-ring (bicyclic) bond motifs is 1. The zero-order valence-electron chi connectivity index (χ0n) is 20.4. The van der Waals surface area contributed by atoms with Gasteiger partial charge in [0, 0.05) is 18.2 Å². The molecule has 180 valence electrons. The molecule has 1 unspecified atom stereocenters. The fourth-order valence-corrected chi connectivity index (χ4v) is 6.10. The van der Waals surface area contributed by atoms with Gasteiger partial charge in [-0.2, -0.15) is 0 Å². The summed E-state index contributed by atoms with van der Waals surface area (Å²) in [6.07, 6.45) is 0.952. The third kappa shape index (κ3) is 6.89. The van der Waals surface area contributed by atoms with Crippen molar-refractivity contribution in [2.24, 2.45) is 0 Å². The molecule has 0 spiro atoms. The van der Waals surface area contributed by atoms with Gasteiger partial charge in [0.05, 0.1) is 17.7 Å². The van der Waals surface area contributed by atoms with E-state index in [0.29, 0.717) is 12.8 Å². The maximum absolute atomic E-state index is 13.9. The van der Waals surface area contributed by atoms with Crippen molar-refractivity contribution in [3.05, 3.63) is 59.3 Å². The van der Waals surface area contributed by atoms with Crippen LogP contribution in [0, 0.1) is 0 Å². The lowest BCUT2D eigenvalue weighted by Crippen LogP contribution is -2.44. The number of benzene rings is 1. The first-order valence-corrected chi connectivity index (χ1v) is 12.8. The van der Waals surface area contributed by atoms with Gasteiger partial charge in [0.2, 0.25) is 0 Å². The molecule has 3 rings (SSSR count). The number of carbonyl (C=O) groups is 1. The van der Waals surface area contributed by atoms with Gasteiger partial charge in [-0.15, -0.1) is 0 Å². The quantitative estimate of drug-likeness (QED) is 0.551. The predicted molar refractivity (Wildman–Crippen MR) is 129 cm³/mol. The molecule has 0 radical (unpaired) electrons. The zero-order chi connectivity index (χ0) is 24.4. The highest BCUT2D eigenvalue weighted by molar-refractivity contribution is 7.62. The Balaban J connectivity index is 1.91. The molecule has 0 aliphatic carbocycles. The Kier molecular flexibility index (Phi) is 7.37. The maximum atomic E-state index is 13.9. The summed E-state index contributed by atoms with van der Waals surface area (Å²) in [6, 6.07) is 13.2. The molecule has 0 bridgehead atoms. The Morgan fingerprint density at radius 2 is 1.67 bits per heavy atom. The van der Waals surface area contributed by atoms with Crippen LogP contribution in [0.2, 0.25) is 0 Å². The third-order valence-corrected chi connectivity index (χ3v) is 7.57. The molecule has 2 aromatic rings. The Bertz CT molecular complexity index is 1010. The Hall–Kier alpha value is -2.21. The van der Waals surface area contributed by atoms with Crippen LogP contribution in [0.3, 0.4) is 0 Å². The average Bonchev–Trinajstić information content (AvgIpc) is 2.69. The van der Waals surface area contributed by atoms with Gasteiger partial charge in [-0.25, -0.2) is 9.78 Å². The molecule has 1 aromatic carbocycles. The summed E-state index contributed by atoms with van der Waals surface area (Å²) in [7, 11) is -3.72. The van der Waals surface area contributed by atoms with E-state index in [1.54, 1.807) is 12.1 Å². The summed E-state index contributed by atoms with van der Waals surface area (Å²) in [5, 5.41) is 9.79. The summed E-state index contributed by atoms with van der Waals surface area (Å²) in [5.41, 5.74) is 1.59. The van der Waals surface area contributed by atoms with Crippen molar-refractivity contribution in [1.82, 2.24) is 9.88 Å². The van der Waals surface area contributed by atoms with E-state index in [4.69, 9.17) is 14.0 Å². The van der Waals surface area contributed by atoms with Crippen molar-refractivity contribution in [3.63, 3.8) is 0 Å². The molecule has 7 nitrogen and oxygen atoms in total. The van der Waals surface area contributed by atoms with E-state index < -0.39 is 24.9 Å². The fourth-order valence-electron chi connectivity index (χ4n) is 3.93. The summed E-state index contributed by atoms with van der Waals surface area (Å²) < 4.78 is 25.8. The number of pyridine rings is 1. The summed E-state index contributed by atoms with van der Waals surface area (Å²) in [5.74, 6) is 0. The van der Waals surface area contributed by atoms with E-state index in [2.05, 4.69) is 0 Å². The van der Waals surface area contributed by atoms with E-state index in [0.717, 1.165) is 23.2 Å². The van der Waals surface area contributed by atoms with Crippen LogP contribution in [-0.2, 0) is 33.0 Å². The number of rotatable bonds is 6. The number of hydrogen-bond acceptors (Lipinski definition) is 5. The van der Waals surface area contributed by atoms with Crippen molar-refractivity contribution < 1.29 is 23.5 Å². The molecule has 0 saturated carbocycles. The minimum absolute atomic E-state index is 0.218. The largest absolute Gasteiger partial charge is 0.465 e. The molecule has 33 heavy (non-hydrogen) atoms. The van der Waals surface area contributed by atoms with Gasteiger partial charge in [-0.1, -0.05) is 36.4 Å². The fraction of sp³-hybridized carbons (Fsp3) is 0.520. The lowest BCUT2D eigenvalue weighted by atomic mass is 9.94. The minimum atomic E-state index is -3.72. The number of amides is 1. The predicted octanol–water partition coefficient (Wildman–Crippen LogP) is 5.57. The topological polar surface area (TPSA) is 89.0 Å². The van der Waals surface area contributed by atoms with E-state index in [9.17, 15) is 14.5 Å². The lowest BCUT2D eigenvalue weighted by Gasteiger charge is -2.35. The summed E-state index contributed by atoms with van der Waals surface area (Å²) in [6.45, 7) is 11.2. The second kappa shape index (κ2) is 9.57. The number of aryl methyl sites for hydroxylation is 1. The molecule has 0 fully saturated rings. The lowest BCUT2D eigenvalue weighted by molar-refractivity contribution is 0.0543. The molecule has 1 atom stereocenters. The highest BCUT2D eigenvalue weighted by atomic mass is 31.2. The summed E-state index contributed by atoms with van der Waals surface area (Å²) >= 11 is 0. The normalized spacial score (nSPS) is 17.0.